The van der Waals surface area contributed by atoms with Crippen molar-refractivity contribution in [1.29, 1.82) is 0 Å². The topological polar surface area (TPSA) is 73.3 Å². The van der Waals surface area contributed by atoms with E-state index in [9.17, 15) is 13.2 Å². The lowest BCUT2D eigenvalue weighted by molar-refractivity contribution is 0.0184. The molecule has 28 heavy (non-hydrogen) atoms. The summed E-state index contributed by atoms with van der Waals surface area (Å²) in [6.45, 7) is 4.99. The highest BCUT2D eigenvalue weighted by atomic mass is 79.9. The minimum Gasteiger partial charge on any atom is -0.267 e. The lowest BCUT2D eigenvalue weighted by Gasteiger charge is -2.35. The Hall–Kier alpha value is -2.23. The number of benzene rings is 2. The van der Waals surface area contributed by atoms with Crippen LogP contribution in [0.2, 0.25) is 0 Å². The Morgan fingerprint density at radius 1 is 1.11 bits per heavy atom. The fraction of sp³-hybridized carbons (Fsp3) is 0.263. The maximum Gasteiger partial charge on any atom is 0.277 e. The third-order valence-electron chi connectivity index (χ3n) is 4.94. The second-order valence-electron chi connectivity index (χ2n) is 6.44. The first kappa shape index (κ1) is 19.1. The summed E-state index contributed by atoms with van der Waals surface area (Å²) < 4.78 is 28.6. The molecule has 1 amide bonds. The van der Waals surface area contributed by atoms with Crippen molar-refractivity contribution in [1.82, 2.24) is 14.2 Å². The molecule has 2 aromatic carbocycles. The van der Waals surface area contributed by atoms with Crippen LogP contribution in [0.5, 0.6) is 0 Å². The maximum absolute atomic E-state index is 13.2. The number of hydrogen-bond donors (Lipinski definition) is 0. The van der Waals surface area contributed by atoms with E-state index in [-0.39, 0.29) is 16.6 Å². The van der Waals surface area contributed by atoms with Gasteiger partial charge in [0.25, 0.3) is 15.9 Å². The van der Waals surface area contributed by atoms with E-state index in [1.807, 2.05) is 18.7 Å². The number of halogens is 1. The smallest absolute Gasteiger partial charge is 0.267 e. The second kappa shape index (κ2) is 6.98. The van der Waals surface area contributed by atoms with Crippen molar-refractivity contribution in [3.63, 3.8) is 0 Å². The molecule has 0 aliphatic carbocycles. The molecule has 0 fully saturated rings. The molecular weight excluding hydrogens is 444 g/mol. The normalized spacial score (nSPS) is 19.6. The van der Waals surface area contributed by atoms with Crippen LogP contribution in [0.25, 0.3) is 0 Å². The van der Waals surface area contributed by atoms with Gasteiger partial charge in [-0.15, -0.1) is 5.10 Å². The monoisotopic (exact) mass is 462 g/mol. The van der Waals surface area contributed by atoms with E-state index in [0.717, 1.165) is 4.47 Å². The summed E-state index contributed by atoms with van der Waals surface area (Å²) in [6, 6.07) is 13.7. The molecule has 0 saturated carbocycles. The molecule has 146 valence electrons. The highest BCUT2D eigenvalue weighted by molar-refractivity contribution is 9.10. The van der Waals surface area contributed by atoms with Gasteiger partial charge in [-0.3, -0.25) is 9.69 Å². The van der Waals surface area contributed by atoms with Crippen molar-refractivity contribution in [3.8, 4) is 0 Å². The standard InChI is InChI=1S/C19H19BrN4O3S/c1-3-22(4-2)19-23(18(25)13-9-11-14(20)12-10-13)21-17-15-7-5-6-8-16(15)28(26,27)24(17)19/h5-12,19H,3-4H2,1-2H3/t19-/m0/s1. The van der Waals surface area contributed by atoms with Gasteiger partial charge in [0.1, 0.15) is 0 Å². The van der Waals surface area contributed by atoms with E-state index in [1.54, 1.807) is 48.5 Å². The molecule has 0 unspecified atom stereocenters. The zero-order valence-electron chi connectivity index (χ0n) is 15.4. The molecule has 2 heterocycles. The number of sulfonamides is 1. The van der Waals surface area contributed by atoms with Crippen molar-refractivity contribution in [3.05, 3.63) is 64.1 Å². The predicted molar refractivity (Wildman–Crippen MR) is 109 cm³/mol. The number of fused-ring (bicyclic) bond motifs is 3. The number of nitrogens with zero attached hydrogens (tertiary/aromatic N) is 4. The highest BCUT2D eigenvalue weighted by Gasteiger charge is 2.53. The van der Waals surface area contributed by atoms with Crippen molar-refractivity contribution in [2.24, 2.45) is 5.10 Å². The largest absolute Gasteiger partial charge is 0.277 e. The van der Waals surface area contributed by atoms with Crippen LogP contribution in [0.15, 0.2) is 63.0 Å². The molecule has 0 saturated heterocycles. The van der Waals surface area contributed by atoms with Crippen LogP contribution in [0.4, 0.5) is 0 Å². The molecule has 2 aliphatic rings. The first-order valence-electron chi connectivity index (χ1n) is 8.95. The molecule has 0 spiro atoms. The average Bonchev–Trinajstić information content (AvgIpc) is 3.19. The van der Waals surface area contributed by atoms with Crippen molar-refractivity contribution < 1.29 is 13.2 Å². The Morgan fingerprint density at radius 2 is 1.75 bits per heavy atom. The molecule has 0 N–H and O–H groups in total. The fourth-order valence-corrected chi connectivity index (χ4v) is 5.52. The summed E-state index contributed by atoms with van der Waals surface area (Å²) in [7, 11) is -3.79. The summed E-state index contributed by atoms with van der Waals surface area (Å²) in [6.07, 6.45) is -0.835. The summed E-state index contributed by atoms with van der Waals surface area (Å²) >= 11 is 3.36. The number of amidine groups is 1. The van der Waals surface area contributed by atoms with Crippen molar-refractivity contribution in [2.75, 3.05) is 13.1 Å². The zero-order chi connectivity index (χ0) is 20.1. The summed E-state index contributed by atoms with van der Waals surface area (Å²) in [5, 5.41) is 5.75. The molecule has 9 heteroatoms. The van der Waals surface area contributed by atoms with E-state index in [0.29, 0.717) is 24.2 Å². The molecule has 2 aromatic rings. The lowest BCUT2D eigenvalue weighted by atomic mass is 10.2. The van der Waals surface area contributed by atoms with E-state index >= 15 is 0 Å². The average molecular weight is 463 g/mol. The number of carbonyl (C=O) groups is 1. The van der Waals surface area contributed by atoms with Crippen LogP contribution in [-0.4, -0.2) is 53.8 Å². The SMILES string of the molecule is CCN(CC)[C@H]1N(C(=O)c2ccc(Br)cc2)N=C2c3ccccc3S(=O)(=O)N21. The van der Waals surface area contributed by atoms with Gasteiger partial charge < -0.3 is 0 Å². The minimum absolute atomic E-state index is 0.224. The van der Waals surface area contributed by atoms with Gasteiger partial charge in [0.05, 0.1) is 4.90 Å². The molecule has 7 nitrogen and oxygen atoms in total. The van der Waals surface area contributed by atoms with E-state index in [2.05, 4.69) is 21.0 Å². The van der Waals surface area contributed by atoms with Gasteiger partial charge in [0, 0.05) is 15.6 Å². The summed E-state index contributed by atoms with van der Waals surface area (Å²) in [5.41, 5.74) is 0.960. The molecular formula is C19H19BrN4O3S. The second-order valence-corrected chi connectivity index (χ2v) is 9.14. The van der Waals surface area contributed by atoms with E-state index in [1.165, 1.54) is 9.31 Å². The van der Waals surface area contributed by atoms with Gasteiger partial charge in [0.2, 0.25) is 0 Å². The third-order valence-corrected chi connectivity index (χ3v) is 7.26. The Kier molecular flexibility index (Phi) is 4.76. The van der Waals surface area contributed by atoms with Crippen LogP contribution < -0.4 is 0 Å². The number of rotatable bonds is 4. The lowest BCUT2D eigenvalue weighted by Crippen LogP contribution is -2.55. The van der Waals surface area contributed by atoms with Crippen LogP contribution >= 0.6 is 15.9 Å². The maximum atomic E-state index is 13.2. The third kappa shape index (κ3) is 2.76. The Bertz CT molecular complexity index is 1060. The van der Waals surface area contributed by atoms with Gasteiger partial charge in [-0.2, -0.15) is 5.01 Å². The Morgan fingerprint density at radius 3 is 2.39 bits per heavy atom. The molecule has 2 aliphatic heterocycles. The molecule has 0 radical (unpaired) electrons. The summed E-state index contributed by atoms with van der Waals surface area (Å²) in [4.78, 5) is 15.3. The van der Waals surface area contributed by atoms with E-state index in [4.69, 9.17) is 0 Å². The summed E-state index contributed by atoms with van der Waals surface area (Å²) in [5.74, 6) is -0.0584. The zero-order valence-corrected chi connectivity index (χ0v) is 17.8. The molecule has 0 bridgehead atoms. The van der Waals surface area contributed by atoms with Gasteiger partial charge in [0.15, 0.2) is 12.1 Å². The Balaban J connectivity index is 1.86. The van der Waals surface area contributed by atoms with Crippen LogP contribution in [0.1, 0.15) is 29.8 Å². The van der Waals surface area contributed by atoms with Crippen molar-refractivity contribution >= 4 is 37.7 Å². The minimum atomic E-state index is -3.79. The molecule has 4 rings (SSSR count). The van der Waals surface area contributed by atoms with Crippen molar-refractivity contribution in [2.45, 2.75) is 25.0 Å². The van der Waals surface area contributed by atoms with Gasteiger partial charge in [-0.25, -0.2) is 12.7 Å². The molecule has 0 aromatic heterocycles. The van der Waals surface area contributed by atoms with Crippen LogP contribution in [-0.2, 0) is 10.0 Å². The fourth-order valence-electron chi connectivity index (χ4n) is 3.53. The number of amides is 1. The van der Waals surface area contributed by atoms with Crippen LogP contribution in [0.3, 0.4) is 0 Å². The number of hydrazone groups is 1. The predicted octanol–water partition coefficient (Wildman–Crippen LogP) is 2.90. The quantitative estimate of drug-likeness (QED) is 0.699. The Labute approximate surface area is 172 Å². The highest BCUT2D eigenvalue weighted by Crippen LogP contribution is 2.38. The van der Waals surface area contributed by atoms with Crippen LogP contribution in [0, 0.1) is 0 Å². The number of carbonyl (C=O) groups excluding carboxylic acids is 1. The first-order valence-corrected chi connectivity index (χ1v) is 11.2. The molecule has 1 atom stereocenters. The first-order chi connectivity index (χ1) is 13.4. The van der Waals surface area contributed by atoms with Gasteiger partial charge in [-0.1, -0.05) is 41.9 Å². The van der Waals surface area contributed by atoms with Gasteiger partial charge >= 0.3 is 0 Å². The van der Waals surface area contributed by atoms with Gasteiger partial charge in [-0.05, 0) is 49.5 Å². The number of hydrogen-bond acceptors (Lipinski definition) is 5. The van der Waals surface area contributed by atoms with E-state index < -0.39 is 16.3 Å².